The average Bonchev–Trinajstić information content (AvgIpc) is 2.53. The van der Waals surface area contributed by atoms with Crippen LogP contribution in [0, 0.1) is 11.6 Å². The topological polar surface area (TPSA) is 84.5 Å². The van der Waals surface area contributed by atoms with Crippen molar-refractivity contribution < 1.29 is 26.7 Å². The molecule has 0 unspecified atom stereocenters. The van der Waals surface area contributed by atoms with E-state index in [1.807, 2.05) is 5.43 Å². The summed E-state index contributed by atoms with van der Waals surface area (Å²) in [6.45, 7) is -0.545. The number of nitrogens with one attached hydrogen (secondary N) is 2. The van der Waals surface area contributed by atoms with Crippen LogP contribution in [0.15, 0.2) is 47.4 Å². The van der Waals surface area contributed by atoms with Crippen molar-refractivity contribution in [3.05, 3.63) is 59.1 Å². The molecular formula is C14H11ClF2N2O4S. The van der Waals surface area contributed by atoms with E-state index in [-0.39, 0.29) is 15.7 Å². The quantitative estimate of drug-likeness (QED) is 0.755. The van der Waals surface area contributed by atoms with E-state index in [1.165, 1.54) is 18.2 Å². The second-order valence-electron chi connectivity index (χ2n) is 4.48. The van der Waals surface area contributed by atoms with Crippen LogP contribution in [0.25, 0.3) is 0 Å². The highest BCUT2D eigenvalue weighted by molar-refractivity contribution is 7.89. The van der Waals surface area contributed by atoms with Crippen molar-refractivity contribution in [3.63, 3.8) is 0 Å². The van der Waals surface area contributed by atoms with E-state index >= 15 is 0 Å². The van der Waals surface area contributed by atoms with Crippen LogP contribution in [0.4, 0.5) is 8.78 Å². The number of ether oxygens (including phenoxy) is 1. The highest BCUT2D eigenvalue weighted by atomic mass is 35.5. The summed E-state index contributed by atoms with van der Waals surface area (Å²) in [7, 11) is -4.13. The minimum atomic E-state index is -4.13. The van der Waals surface area contributed by atoms with Crippen molar-refractivity contribution >= 4 is 27.5 Å². The molecule has 0 spiro atoms. The Labute approximate surface area is 141 Å². The average molecular weight is 377 g/mol. The summed E-state index contributed by atoms with van der Waals surface area (Å²) in [5, 5.41) is -0.376. The van der Waals surface area contributed by atoms with Gasteiger partial charge in [-0.1, -0.05) is 17.7 Å². The number of halogens is 3. The van der Waals surface area contributed by atoms with E-state index in [0.29, 0.717) is 0 Å². The second kappa shape index (κ2) is 7.56. The molecule has 0 radical (unpaired) electrons. The summed E-state index contributed by atoms with van der Waals surface area (Å²) in [5.41, 5.74) is 1.91. The van der Waals surface area contributed by atoms with E-state index in [4.69, 9.17) is 16.3 Å². The first-order chi connectivity index (χ1) is 11.3. The van der Waals surface area contributed by atoms with E-state index < -0.39 is 34.2 Å². The summed E-state index contributed by atoms with van der Waals surface area (Å²) in [6.07, 6.45) is 0. The third kappa shape index (κ3) is 4.88. The summed E-state index contributed by atoms with van der Waals surface area (Å²) in [4.78, 5) is 13.0. The highest BCUT2D eigenvalue weighted by Gasteiger charge is 2.17. The Kier molecular flexibility index (Phi) is 5.71. The van der Waals surface area contributed by atoms with Crippen molar-refractivity contribution in [2.45, 2.75) is 4.90 Å². The molecule has 2 N–H and O–H groups in total. The van der Waals surface area contributed by atoms with Crippen molar-refractivity contribution in [2.75, 3.05) is 6.61 Å². The molecule has 0 aliphatic carbocycles. The SMILES string of the molecule is O=C(COc1cccc(F)c1)NNS(=O)(=O)c1ccc(F)c(Cl)c1. The zero-order valence-corrected chi connectivity index (χ0v) is 13.5. The first-order valence-electron chi connectivity index (χ1n) is 6.42. The highest BCUT2D eigenvalue weighted by Crippen LogP contribution is 2.19. The lowest BCUT2D eigenvalue weighted by molar-refractivity contribution is -0.123. The number of carbonyl (C=O) groups is 1. The number of benzene rings is 2. The first-order valence-corrected chi connectivity index (χ1v) is 8.28. The molecule has 0 aliphatic rings. The molecule has 0 saturated heterocycles. The van der Waals surface area contributed by atoms with Gasteiger partial charge in [-0.15, -0.1) is 4.83 Å². The van der Waals surface area contributed by atoms with E-state index in [1.54, 1.807) is 4.83 Å². The Hall–Kier alpha value is -2.23. The summed E-state index contributed by atoms with van der Waals surface area (Å²) < 4.78 is 54.8. The maximum absolute atomic E-state index is 13.0. The minimum absolute atomic E-state index is 0.110. The van der Waals surface area contributed by atoms with Crippen LogP contribution in [0.1, 0.15) is 0 Å². The van der Waals surface area contributed by atoms with Crippen molar-refractivity contribution in [3.8, 4) is 5.75 Å². The zero-order chi connectivity index (χ0) is 17.7. The molecule has 2 aromatic rings. The summed E-state index contributed by atoms with van der Waals surface area (Å²) in [6, 6.07) is 7.86. The predicted octanol–water partition coefficient (Wildman–Crippen LogP) is 2.01. The monoisotopic (exact) mass is 376 g/mol. The van der Waals surface area contributed by atoms with Gasteiger partial charge in [-0.05, 0) is 30.3 Å². The van der Waals surface area contributed by atoms with Crippen molar-refractivity contribution in [1.29, 1.82) is 0 Å². The van der Waals surface area contributed by atoms with Gasteiger partial charge in [0.2, 0.25) is 0 Å². The Morgan fingerprint density at radius 1 is 1.17 bits per heavy atom. The molecule has 0 saturated carbocycles. The minimum Gasteiger partial charge on any atom is -0.484 e. The van der Waals surface area contributed by atoms with Gasteiger partial charge in [-0.2, -0.15) is 0 Å². The van der Waals surface area contributed by atoms with E-state index in [2.05, 4.69) is 0 Å². The molecule has 10 heteroatoms. The van der Waals surface area contributed by atoms with Gasteiger partial charge >= 0.3 is 0 Å². The van der Waals surface area contributed by atoms with Gasteiger partial charge in [-0.3, -0.25) is 10.2 Å². The fourth-order valence-electron chi connectivity index (χ4n) is 1.57. The normalized spacial score (nSPS) is 11.1. The Bertz CT molecular complexity index is 862. The van der Waals surface area contributed by atoms with Crippen molar-refractivity contribution in [2.24, 2.45) is 0 Å². The number of hydrogen-bond acceptors (Lipinski definition) is 4. The van der Waals surface area contributed by atoms with Gasteiger partial charge in [-0.25, -0.2) is 17.2 Å². The number of hydrazine groups is 1. The molecular weight excluding hydrogens is 366 g/mol. The first kappa shape index (κ1) is 18.1. The van der Waals surface area contributed by atoms with Crippen molar-refractivity contribution in [1.82, 2.24) is 10.3 Å². The van der Waals surface area contributed by atoms with Crippen LogP contribution in [0.2, 0.25) is 5.02 Å². The third-order valence-corrected chi connectivity index (χ3v) is 4.23. The molecule has 128 valence electrons. The Morgan fingerprint density at radius 3 is 2.58 bits per heavy atom. The molecule has 2 rings (SSSR count). The molecule has 0 atom stereocenters. The second-order valence-corrected chi connectivity index (χ2v) is 6.57. The van der Waals surface area contributed by atoms with Crippen LogP contribution in [0.3, 0.4) is 0 Å². The van der Waals surface area contributed by atoms with E-state index in [0.717, 1.165) is 24.3 Å². The number of hydrogen-bond donors (Lipinski definition) is 2. The van der Waals surface area contributed by atoms with Gasteiger partial charge in [0.1, 0.15) is 17.4 Å². The maximum atomic E-state index is 13.0. The molecule has 0 fully saturated rings. The van der Waals surface area contributed by atoms with Gasteiger partial charge < -0.3 is 4.74 Å². The third-order valence-electron chi connectivity index (χ3n) is 2.69. The Morgan fingerprint density at radius 2 is 1.92 bits per heavy atom. The largest absolute Gasteiger partial charge is 0.484 e. The smallest absolute Gasteiger partial charge is 0.272 e. The number of carbonyl (C=O) groups excluding carboxylic acids is 1. The van der Waals surface area contributed by atoms with Gasteiger partial charge in [0.05, 0.1) is 9.92 Å². The summed E-state index contributed by atoms with van der Waals surface area (Å²) >= 11 is 5.51. The molecule has 0 aromatic heterocycles. The fraction of sp³-hybridized carbons (Fsp3) is 0.0714. The molecule has 6 nitrogen and oxygen atoms in total. The molecule has 2 aromatic carbocycles. The van der Waals surface area contributed by atoms with Crippen LogP contribution in [-0.4, -0.2) is 20.9 Å². The molecule has 0 heterocycles. The maximum Gasteiger partial charge on any atom is 0.272 e. The predicted molar refractivity (Wildman–Crippen MR) is 81.8 cm³/mol. The lowest BCUT2D eigenvalue weighted by Crippen LogP contribution is -2.43. The zero-order valence-electron chi connectivity index (χ0n) is 11.9. The van der Waals surface area contributed by atoms with Crippen LogP contribution < -0.4 is 15.0 Å². The summed E-state index contributed by atoms with van der Waals surface area (Å²) in [5.74, 6) is -2.03. The fourth-order valence-corrected chi connectivity index (χ4v) is 2.70. The number of sulfonamides is 1. The lowest BCUT2D eigenvalue weighted by atomic mass is 10.3. The number of amides is 1. The van der Waals surface area contributed by atoms with Gasteiger partial charge in [0, 0.05) is 6.07 Å². The van der Waals surface area contributed by atoms with Gasteiger partial charge in [0.25, 0.3) is 15.9 Å². The molecule has 1 amide bonds. The Balaban J connectivity index is 1.91. The van der Waals surface area contributed by atoms with Crippen LogP contribution >= 0.6 is 11.6 Å². The lowest BCUT2D eigenvalue weighted by Gasteiger charge is -2.10. The van der Waals surface area contributed by atoms with Gasteiger partial charge in [0.15, 0.2) is 6.61 Å². The number of rotatable bonds is 6. The van der Waals surface area contributed by atoms with Crippen LogP contribution in [0.5, 0.6) is 5.75 Å². The van der Waals surface area contributed by atoms with Crippen LogP contribution in [-0.2, 0) is 14.8 Å². The molecule has 0 bridgehead atoms. The molecule has 0 aliphatic heterocycles. The standard InChI is InChI=1S/C14H11ClF2N2O4S/c15-12-7-11(4-5-13(12)17)24(21,22)19-18-14(20)8-23-10-3-1-2-9(16)6-10/h1-7,19H,8H2,(H,18,20). The van der Waals surface area contributed by atoms with E-state index in [9.17, 15) is 22.0 Å². The molecule has 24 heavy (non-hydrogen) atoms.